The molecule has 0 unspecified atom stereocenters. The van der Waals surface area contributed by atoms with E-state index in [1.165, 1.54) is 37.8 Å². The number of aromatic nitrogens is 3. The number of halogens is 5. The molecule has 1 amide bonds. The van der Waals surface area contributed by atoms with Gasteiger partial charge < -0.3 is 19.5 Å². The first kappa shape index (κ1) is 29.5. The van der Waals surface area contributed by atoms with Gasteiger partial charge in [-0.15, -0.1) is 0 Å². The van der Waals surface area contributed by atoms with Gasteiger partial charge in [0, 0.05) is 47.1 Å². The Hall–Kier alpha value is -3.48. The number of carbonyl (C=O) groups excluding carboxylic acids is 2. The van der Waals surface area contributed by atoms with Gasteiger partial charge in [0.05, 0.1) is 36.6 Å². The van der Waals surface area contributed by atoms with Gasteiger partial charge in [0.15, 0.2) is 5.78 Å². The van der Waals surface area contributed by atoms with Crippen LogP contribution in [0.25, 0.3) is 11.1 Å². The molecule has 2 aromatic heterocycles. The highest BCUT2D eigenvalue weighted by molar-refractivity contribution is 6.36. The number of Topliss-reactive ketones (excluding diaryl/α,β-unsaturated/α-hetero) is 1. The second-order valence-electron chi connectivity index (χ2n) is 9.07. The molecule has 0 radical (unpaired) electrons. The second-order valence-corrected chi connectivity index (χ2v) is 9.92. The maximum absolute atomic E-state index is 15.3. The van der Waals surface area contributed by atoms with Crippen molar-refractivity contribution in [3.8, 4) is 22.9 Å². The molecule has 0 bridgehead atoms. The first-order chi connectivity index (χ1) is 19.0. The van der Waals surface area contributed by atoms with Crippen LogP contribution in [0.2, 0.25) is 10.0 Å². The van der Waals surface area contributed by atoms with Crippen LogP contribution in [-0.2, 0) is 9.53 Å². The maximum Gasteiger partial charge on any atom is 0.316 e. The fraction of sp³-hybridized carbons (Fsp3) is 0.346. The Balaban J connectivity index is 1.50. The number of methoxy groups -OCH3 is 1. The number of nitrogens with one attached hydrogen (secondary N) is 1. The van der Waals surface area contributed by atoms with E-state index in [0.717, 1.165) is 6.07 Å². The van der Waals surface area contributed by atoms with E-state index >= 15 is 4.39 Å². The average molecular weight is 599 g/mol. The molecule has 0 aliphatic carbocycles. The number of ether oxygens (including phenoxy) is 3. The van der Waals surface area contributed by atoms with Crippen molar-refractivity contribution in [3.63, 3.8) is 0 Å². The third-order valence-electron chi connectivity index (χ3n) is 6.16. The van der Waals surface area contributed by atoms with Gasteiger partial charge in [-0.1, -0.05) is 30.1 Å². The molecule has 3 heterocycles. The van der Waals surface area contributed by atoms with Crippen molar-refractivity contribution in [2.75, 3.05) is 26.9 Å². The lowest BCUT2D eigenvalue weighted by Gasteiger charge is -2.41. The highest BCUT2D eigenvalue weighted by atomic mass is 35.5. The van der Waals surface area contributed by atoms with E-state index in [2.05, 4.69) is 20.3 Å². The number of amides is 1. The van der Waals surface area contributed by atoms with Crippen molar-refractivity contribution in [1.29, 1.82) is 0 Å². The highest BCUT2D eigenvalue weighted by Crippen LogP contribution is 2.40. The van der Waals surface area contributed by atoms with Crippen LogP contribution >= 0.6 is 23.2 Å². The largest absolute Gasteiger partial charge is 0.485 e. The highest BCUT2D eigenvalue weighted by Gasteiger charge is 2.47. The number of rotatable bonds is 11. The van der Waals surface area contributed by atoms with Crippen molar-refractivity contribution < 1.29 is 37.0 Å². The molecule has 1 N–H and O–H groups in total. The topological polar surface area (TPSA) is 113 Å². The van der Waals surface area contributed by atoms with Crippen LogP contribution in [0.5, 0.6) is 11.8 Å². The zero-order valence-corrected chi connectivity index (χ0v) is 22.7. The Kier molecular flexibility index (Phi) is 9.12. The van der Waals surface area contributed by atoms with Gasteiger partial charge in [-0.25, -0.2) is 23.1 Å². The van der Waals surface area contributed by atoms with Crippen LogP contribution in [0, 0.1) is 5.82 Å². The molecule has 0 spiro atoms. The summed E-state index contributed by atoms with van der Waals surface area (Å²) in [6.07, 6.45) is 0.926. The van der Waals surface area contributed by atoms with Crippen LogP contribution in [-0.4, -0.2) is 65.5 Å². The Labute approximate surface area is 237 Å². The van der Waals surface area contributed by atoms with E-state index in [4.69, 9.17) is 37.4 Å². The first-order valence-corrected chi connectivity index (χ1v) is 12.6. The third-order valence-corrected chi connectivity index (χ3v) is 6.66. The van der Waals surface area contributed by atoms with Crippen molar-refractivity contribution in [1.82, 2.24) is 20.3 Å². The van der Waals surface area contributed by atoms with E-state index < -0.39 is 36.2 Å². The van der Waals surface area contributed by atoms with Crippen LogP contribution in [0.3, 0.4) is 0 Å². The molecular formula is C26H23Cl2F3N4O5. The average Bonchev–Trinajstić information content (AvgIpc) is 2.89. The fourth-order valence-corrected chi connectivity index (χ4v) is 4.58. The minimum Gasteiger partial charge on any atom is -0.485 e. The predicted molar refractivity (Wildman–Crippen MR) is 139 cm³/mol. The summed E-state index contributed by atoms with van der Waals surface area (Å²) in [6, 6.07) is 3.93. The van der Waals surface area contributed by atoms with Crippen molar-refractivity contribution >= 4 is 34.9 Å². The monoisotopic (exact) mass is 598 g/mol. The van der Waals surface area contributed by atoms with E-state index in [9.17, 15) is 18.4 Å². The first-order valence-electron chi connectivity index (χ1n) is 11.9. The Morgan fingerprint density at radius 1 is 1.12 bits per heavy atom. The third kappa shape index (κ3) is 6.45. The summed E-state index contributed by atoms with van der Waals surface area (Å²) in [5.41, 5.74) is -0.822. The lowest BCUT2D eigenvalue weighted by Crippen LogP contribution is -2.67. The maximum atomic E-state index is 15.3. The van der Waals surface area contributed by atoms with Gasteiger partial charge in [0.2, 0.25) is 0 Å². The minimum atomic E-state index is -2.76. The standard InChI is InChI=1S/C26H23Cl2F3N4O5/c1-13(3-20(36)26(11-39-12-26)35-24(37)15-8-33-25(38-2)34-9-15)22-19(29)4-14(7-32-22)17-5-16(27)6-18(28)23(17)40-10-21(30)31/h4-9,13,21H,3,10-12H2,1-2H3,(H,35,37)/t13-/m0/s1. The molecule has 1 aromatic carbocycles. The number of carbonyl (C=O) groups is 2. The van der Waals surface area contributed by atoms with Gasteiger partial charge in [-0.05, 0) is 18.2 Å². The molecule has 1 saturated heterocycles. The molecular weight excluding hydrogens is 576 g/mol. The summed E-state index contributed by atoms with van der Waals surface area (Å²) < 4.78 is 56.0. The van der Waals surface area contributed by atoms with E-state index in [-0.39, 0.29) is 69.6 Å². The van der Waals surface area contributed by atoms with E-state index in [1.54, 1.807) is 6.92 Å². The molecule has 1 aliphatic rings. The summed E-state index contributed by atoms with van der Waals surface area (Å²) in [5.74, 6) is -2.47. The zero-order chi connectivity index (χ0) is 29.0. The minimum absolute atomic E-state index is 0.00875. The Morgan fingerprint density at radius 3 is 2.40 bits per heavy atom. The Morgan fingerprint density at radius 2 is 1.82 bits per heavy atom. The number of nitrogens with zero attached hydrogens (tertiary/aromatic N) is 3. The van der Waals surface area contributed by atoms with E-state index in [0.29, 0.717) is 0 Å². The molecule has 9 nitrogen and oxygen atoms in total. The van der Waals surface area contributed by atoms with Gasteiger partial charge in [-0.2, -0.15) is 0 Å². The summed E-state index contributed by atoms with van der Waals surface area (Å²) >= 11 is 12.2. The number of pyridine rings is 1. The van der Waals surface area contributed by atoms with Gasteiger partial charge >= 0.3 is 6.01 Å². The molecule has 1 atom stereocenters. The van der Waals surface area contributed by atoms with Crippen molar-refractivity contribution in [2.45, 2.75) is 31.2 Å². The lowest BCUT2D eigenvalue weighted by atomic mass is 9.85. The smallest absolute Gasteiger partial charge is 0.316 e. The molecule has 40 heavy (non-hydrogen) atoms. The molecule has 3 aromatic rings. The van der Waals surface area contributed by atoms with Crippen LogP contribution < -0.4 is 14.8 Å². The van der Waals surface area contributed by atoms with Crippen molar-refractivity contribution in [2.24, 2.45) is 0 Å². The molecule has 1 aliphatic heterocycles. The van der Waals surface area contributed by atoms with Crippen LogP contribution in [0.1, 0.15) is 35.3 Å². The molecule has 4 rings (SSSR count). The Bertz CT molecular complexity index is 1410. The number of benzene rings is 1. The second kappa shape index (κ2) is 12.4. The lowest BCUT2D eigenvalue weighted by molar-refractivity contribution is -0.144. The number of alkyl halides is 2. The zero-order valence-electron chi connectivity index (χ0n) is 21.2. The van der Waals surface area contributed by atoms with E-state index in [1.807, 2.05) is 0 Å². The van der Waals surface area contributed by atoms with Gasteiger partial charge in [0.25, 0.3) is 12.3 Å². The molecule has 212 valence electrons. The quantitative estimate of drug-likeness (QED) is 0.332. The summed E-state index contributed by atoms with van der Waals surface area (Å²) in [4.78, 5) is 37.9. The normalized spacial score (nSPS) is 14.8. The van der Waals surface area contributed by atoms with Gasteiger partial charge in [0.1, 0.15) is 23.7 Å². The van der Waals surface area contributed by atoms with Crippen molar-refractivity contribution in [3.05, 3.63) is 63.9 Å². The SMILES string of the molecule is COc1ncc(C(=O)NC2(C(=O)C[C@H](C)c3ncc(-c4cc(Cl)cc(Cl)c4OCC(F)F)cc3F)COC2)cn1. The number of ketones is 1. The number of hydrogen-bond donors (Lipinski definition) is 1. The van der Waals surface area contributed by atoms with Crippen LogP contribution in [0.4, 0.5) is 13.2 Å². The molecule has 0 saturated carbocycles. The molecule has 14 heteroatoms. The fourth-order valence-electron chi connectivity index (χ4n) is 4.03. The number of hydrogen-bond acceptors (Lipinski definition) is 8. The van der Waals surface area contributed by atoms with Gasteiger partial charge in [-0.3, -0.25) is 14.6 Å². The molecule has 1 fully saturated rings. The predicted octanol–water partition coefficient (Wildman–Crippen LogP) is 4.90. The summed E-state index contributed by atoms with van der Waals surface area (Å²) in [7, 11) is 1.39. The van der Waals surface area contributed by atoms with Crippen LogP contribution in [0.15, 0.2) is 36.8 Å². The summed E-state index contributed by atoms with van der Waals surface area (Å²) in [5, 5.41) is 2.84. The summed E-state index contributed by atoms with van der Waals surface area (Å²) in [6.45, 7) is 0.595.